The van der Waals surface area contributed by atoms with Crippen LogP contribution in [0.4, 0.5) is 0 Å². The number of nitrogens with zero attached hydrogens (tertiary/aromatic N) is 1. The Morgan fingerprint density at radius 2 is 1.94 bits per heavy atom. The molecule has 2 rings (SSSR count). The van der Waals surface area contributed by atoms with E-state index in [2.05, 4.69) is 0 Å². The monoisotopic (exact) mass is 217 g/mol. The molecule has 0 radical (unpaired) electrons. The van der Waals surface area contributed by atoms with Crippen molar-refractivity contribution in [2.75, 3.05) is 6.61 Å². The lowest BCUT2D eigenvalue weighted by Crippen LogP contribution is -1.98. The zero-order valence-electron chi connectivity index (χ0n) is 9.26. The molecule has 16 heavy (non-hydrogen) atoms. The normalized spacial score (nSPS) is 10.4. The summed E-state index contributed by atoms with van der Waals surface area (Å²) in [4.78, 5) is 0. The van der Waals surface area contributed by atoms with Crippen LogP contribution in [0.25, 0.3) is 5.69 Å². The van der Waals surface area contributed by atoms with E-state index in [0.717, 1.165) is 17.1 Å². The summed E-state index contributed by atoms with van der Waals surface area (Å²) >= 11 is 0. The summed E-state index contributed by atoms with van der Waals surface area (Å²) in [6, 6.07) is 11.6. The summed E-state index contributed by atoms with van der Waals surface area (Å²) in [6.07, 6.45) is 1.93. The second-order valence-electron chi connectivity index (χ2n) is 3.45. The van der Waals surface area contributed by atoms with Crippen LogP contribution in [0.15, 0.2) is 42.6 Å². The summed E-state index contributed by atoms with van der Waals surface area (Å²) in [6.45, 7) is 2.68. The minimum absolute atomic E-state index is 0.0419. The molecule has 0 saturated heterocycles. The van der Waals surface area contributed by atoms with Gasteiger partial charge in [-0.05, 0) is 43.3 Å². The van der Waals surface area contributed by atoms with Crippen molar-refractivity contribution in [1.82, 2.24) is 4.57 Å². The van der Waals surface area contributed by atoms with Gasteiger partial charge in [-0.1, -0.05) is 0 Å². The fourth-order valence-corrected chi connectivity index (χ4v) is 1.67. The van der Waals surface area contributed by atoms with Gasteiger partial charge in [0, 0.05) is 17.6 Å². The van der Waals surface area contributed by atoms with Gasteiger partial charge in [-0.2, -0.15) is 0 Å². The summed E-state index contributed by atoms with van der Waals surface area (Å²) in [5, 5.41) is 9.16. The lowest BCUT2D eigenvalue weighted by molar-refractivity contribution is 0.274. The molecule has 0 amide bonds. The van der Waals surface area contributed by atoms with E-state index in [9.17, 15) is 0 Å². The molecular formula is C13H15NO2. The highest BCUT2D eigenvalue weighted by Crippen LogP contribution is 2.17. The molecule has 1 heterocycles. The van der Waals surface area contributed by atoms with Crippen molar-refractivity contribution >= 4 is 0 Å². The van der Waals surface area contributed by atoms with Crippen molar-refractivity contribution in [1.29, 1.82) is 0 Å². The van der Waals surface area contributed by atoms with Crippen molar-refractivity contribution in [3.05, 3.63) is 48.3 Å². The molecule has 0 aliphatic rings. The smallest absolute Gasteiger partial charge is 0.119 e. The van der Waals surface area contributed by atoms with Gasteiger partial charge in [-0.25, -0.2) is 0 Å². The molecule has 0 aliphatic carbocycles. The molecule has 0 bridgehead atoms. The molecule has 3 nitrogen and oxygen atoms in total. The van der Waals surface area contributed by atoms with E-state index in [1.54, 1.807) is 0 Å². The second-order valence-corrected chi connectivity index (χ2v) is 3.45. The molecule has 0 saturated carbocycles. The van der Waals surface area contributed by atoms with Crippen molar-refractivity contribution in [2.45, 2.75) is 13.5 Å². The number of hydrogen-bond donors (Lipinski definition) is 1. The van der Waals surface area contributed by atoms with Crippen LogP contribution in [-0.4, -0.2) is 16.3 Å². The van der Waals surface area contributed by atoms with Gasteiger partial charge in [0.05, 0.1) is 13.2 Å². The number of rotatable bonds is 4. The van der Waals surface area contributed by atoms with Crippen LogP contribution in [0, 0.1) is 0 Å². The van der Waals surface area contributed by atoms with Crippen LogP contribution >= 0.6 is 0 Å². The van der Waals surface area contributed by atoms with Crippen LogP contribution < -0.4 is 4.74 Å². The zero-order valence-corrected chi connectivity index (χ0v) is 9.26. The lowest BCUT2D eigenvalue weighted by atomic mass is 10.3. The van der Waals surface area contributed by atoms with Gasteiger partial charge in [-0.3, -0.25) is 0 Å². The number of aromatic nitrogens is 1. The van der Waals surface area contributed by atoms with Crippen LogP contribution in [-0.2, 0) is 6.61 Å². The van der Waals surface area contributed by atoms with Gasteiger partial charge >= 0.3 is 0 Å². The number of benzene rings is 1. The summed E-state index contributed by atoms with van der Waals surface area (Å²) in [7, 11) is 0. The molecule has 0 fully saturated rings. The van der Waals surface area contributed by atoms with Crippen LogP contribution in [0.5, 0.6) is 5.75 Å². The van der Waals surface area contributed by atoms with Gasteiger partial charge in [0.1, 0.15) is 5.75 Å². The molecule has 2 aromatic rings. The largest absolute Gasteiger partial charge is 0.494 e. The average molecular weight is 217 g/mol. The number of ether oxygens (including phenoxy) is 1. The molecule has 84 valence electrons. The Labute approximate surface area is 94.9 Å². The third-order valence-electron chi connectivity index (χ3n) is 2.42. The maximum Gasteiger partial charge on any atom is 0.119 e. The molecule has 1 aromatic carbocycles. The molecule has 0 atom stereocenters. The Bertz CT molecular complexity index is 445. The number of aliphatic hydroxyl groups excluding tert-OH is 1. The highest BCUT2D eigenvalue weighted by molar-refractivity contribution is 5.39. The first-order chi connectivity index (χ1) is 7.85. The third-order valence-corrected chi connectivity index (χ3v) is 2.42. The maximum atomic E-state index is 9.16. The minimum atomic E-state index is 0.0419. The Balaban J connectivity index is 2.27. The van der Waals surface area contributed by atoms with E-state index in [4.69, 9.17) is 9.84 Å². The minimum Gasteiger partial charge on any atom is -0.494 e. The fourth-order valence-electron chi connectivity index (χ4n) is 1.67. The first kappa shape index (κ1) is 10.8. The van der Waals surface area contributed by atoms with Crippen LogP contribution in [0.1, 0.15) is 12.6 Å². The molecule has 1 aromatic heterocycles. The van der Waals surface area contributed by atoms with E-state index < -0.39 is 0 Å². The topological polar surface area (TPSA) is 34.4 Å². The Morgan fingerprint density at radius 3 is 2.56 bits per heavy atom. The van der Waals surface area contributed by atoms with Crippen molar-refractivity contribution in [3.8, 4) is 11.4 Å². The van der Waals surface area contributed by atoms with Crippen molar-refractivity contribution in [2.24, 2.45) is 0 Å². The number of aliphatic hydroxyl groups is 1. The second kappa shape index (κ2) is 4.86. The molecule has 0 unspecified atom stereocenters. The maximum absolute atomic E-state index is 9.16. The molecule has 0 aliphatic heterocycles. The predicted octanol–water partition coefficient (Wildman–Crippen LogP) is 2.37. The molecule has 3 heteroatoms. The highest BCUT2D eigenvalue weighted by Gasteiger charge is 2.01. The van der Waals surface area contributed by atoms with Gasteiger partial charge in [-0.15, -0.1) is 0 Å². The van der Waals surface area contributed by atoms with Gasteiger partial charge in [0.15, 0.2) is 0 Å². The van der Waals surface area contributed by atoms with E-state index in [1.165, 1.54) is 0 Å². The Morgan fingerprint density at radius 1 is 1.19 bits per heavy atom. The van der Waals surface area contributed by atoms with Crippen molar-refractivity contribution in [3.63, 3.8) is 0 Å². The Kier molecular flexibility index (Phi) is 3.27. The third kappa shape index (κ3) is 2.09. The fraction of sp³-hybridized carbons (Fsp3) is 0.231. The average Bonchev–Trinajstić information content (AvgIpc) is 2.78. The zero-order chi connectivity index (χ0) is 11.4. The SMILES string of the molecule is CCOc1ccc(-n2cccc2CO)cc1. The molecule has 1 N–H and O–H groups in total. The Hall–Kier alpha value is -1.74. The molecule has 0 spiro atoms. The first-order valence-electron chi connectivity index (χ1n) is 5.35. The predicted molar refractivity (Wildman–Crippen MR) is 62.9 cm³/mol. The quantitative estimate of drug-likeness (QED) is 0.853. The standard InChI is InChI=1S/C13H15NO2/c1-2-16-13-7-5-11(6-8-13)14-9-3-4-12(14)10-15/h3-9,15H,2,10H2,1H3. The van der Waals surface area contributed by atoms with Gasteiger partial charge in [0.25, 0.3) is 0 Å². The summed E-state index contributed by atoms with van der Waals surface area (Å²) in [5.74, 6) is 0.865. The van der Waals surface area contributed by atoms with E-state index in [1.807, 2.05) is 54.1 Å². The van der Waals surface area contributed by atoms with E-state index >= 15 is 0 Å². The van der Waals surface area contributed by atoms with Gasteiger partial charge < -0.3 is 14.4 Å². The van der Waals surface area contributed by atoms with E-state index in [0.29, 0.717) is 6.61 Å². The number of hydrogen-bond acceptors (Lipinski definition) is 2. The van der Waals surface area contributed by atoms with E-state index in [-0.39, 0.29) is 6.61 Å². The molecular weight excluding hydrogens is 202 g/mol. The van der Waals surface area contributed by atoms with Crippen LogP contribution in [0.2, 0.25) is 0 Å². The first-order valence-corrected chi connectivity index (χ1v) is 5.35. The highest BCUT2D eigenvalue weighted by atomic mass is 16.5. The summed E-state index contributed by atoms with van der Waals surface area (Å²) < 4.78 is 7.33. The van der Waals surface area contributed by atoms with Crippen molar-refractivity contribution < 1.29 is 9.84 Å². The summed E-state index contributed by atoms with van der Waals surface area (Å²) in [5.41, 5.74) is 1.90. The van der Waals surface area contributed by atoms with Gasteiger partial charge in [0.2, 0.25) is 0 Å². The lowest BCUT2D eigenvalue weighted by Gasteiger charge is -2.08. The van der Waals surface area contributed by atoms with Crippen LogP contribution in [0.3, 0.4) is 0 Å².